The summed E-state index contributed by atoms with van der Waals surface area (Å²) < 4.78 is 29.7. The van der Waals surface area contributed by atoms with Crippen molar-refractivity contribution in [1.29, 1.82) is 0 Å². The van der Waals surface area contributed by atoms with Crippen LogP contribution in [0.3, 0.4) is 0 Å². The molecule has 0 aromatic heterocycles. The summed E-state index contributed by atoms with van der Waals surface area (Å²) in [5.74, 6) is 0.0502. The molecule has 0 saturated heterocycles. The Kier molecular flexibility index (Phi) is 5.99. The van der Waals surface area contributed by atoms with Gasteiger partial charge >= 0.3 is 6.61 Å². The normalized spacial score (nSPS) is 10.9. The number of benzene rings is 2. The van der Waals surface area contributed by atoms with Gasteiger partial charge in [0.05, 0.1) is 6.21 Å². The van der Waals surface area contributed by atoms with E-state index in [-0.39, 0.29) is 5.75 Å². The summed E-state index contributed by atoms with van der Waals surface area (Å²) >= 11 is 5.00. The SMILES string of the molecule is C=CCNC(=S)N/N=C\c1c(OC(F)F)ccc2ccccc12. The van der Waals surface area contributed by atoms with Crippen LogP contribution in [0.5, 0.6) is 5.75 Å². The van der Waals surface area contributed by atoms with Gasteiger partial charge in [-0.25, -0.2) is 0 Å². The van der Waals surface area contributed by atoms with Gasteiger partial charge in [0.2, 0.25) is 0 Å². The first-order valence-electron chi connectivity index (χ1n) is 6.76. The van der Waals surface area contributed by atoms with Gasteiger partial charge in [-0.15, -0.1) is 6.58 Å². The molecule has 0 atom stereocenters. The molecule has 0 aliphatic carbocycles. The smallest absolute Gasteiger partial charge is 0.387 e. The van der Waals surface area contributed by atoms with Crippen molar-refractivity contribution in [2.45, 2.75) is 6.61 Å². The molecule has 0 heterocycles. The molecule has 0 aliphatic heterocycles. The van der Waals surface area contributed by atoms with E-state index in [0.717, 1.165) is 10.8 Å². The quantitative estimate of drug-likeness (QED) is 0.367. The maximum absolute atomic E-state index is 12.6. The minimum Gasteiger partial charge on any atom is -0.434 e. The first-order chi connectivity index (χ1) is 11.1. The van der Waals surface area contributed by atoms with E-state index in [1.54, 1.807) is 12.1 Å². The van der Waals surface area contributed by atoms with Crippen LogP contribution in [0.15, 0.2) is 54.2 Å². The lowest BCUT2D eigenvalue weighted by Gasteiger charge is -2.11. The zero-order valence-electron chi connectivity index (χ0n) is 12.1. The van der Waals surface area contributed by atoms with E-state index in [1.807, 2.05) is 24.3 Å². The van der Waals surface area contributed by atoms with Crippen LogP contribution in [0.2, 0.25) is 0 Å². The lowest BCUT2D eigenvalue weighted by molar-refractivity contribution is -0.0498. The highest BCUT2D eigenvalue weighted by Gasteiger charge is 2.11. The van der Waals surface area contributed by atoms with E-state index in [0.29, 0.717) is 17.2 Å². The van der Waals surface area contributed by atoms with E-state index in [2.05, 4.69) is 27.2 Å². The average Bonchev–Trinajstić information content (AvgIpc) is 2.54. The second kappa shape index (κ2) is 8.19. The summed E-state index contributed by atoms with van der Waals surface area (Å²) in [5, 5.41) is 8.76. The molecule has 2 N–H and O–H groups in total. The first-order valence-corrected chi connectivity index (χ1v) is 7.17. The fourth-order valence-electron chi connectivity index (χ4n) is 1.97. The van der Waals surface area contributed by atoms with Crippen molar-refractivity contribution >= 4 is 34.3 Å². The molecule has 0 bridgehead atoms. The minimum atomic E-state index is -2.91. The molecule has 0 saturated carbocycles. The van der Waals surface area contributed by atoms with Crippen LogP contribution in [0, 0.1) is 0 Å². The lowest BCUT2D eigenvalue weighted by atomic mass is 10.0. The standard InChI is InChI=1S/C16H15F2N3OS/c1-2-9-19-16(23)21-20-10-13-12-6-4-3-5-11(12)7-8-14(13)22-15(17)18/h2-8,10,15H,1,9H2,(H2,19,21,23)/b20-10-. The second-order valence-electron chi connectivity index (χ2n) is 4.45. The number of thiocarbonyl (C=S) groups is 1. The van der Waals surface area contributed by atoms with Gasteiger partial charge in [-0.2, -0.15) is 13.9 Å². The van der Waals surface area contributed by atoms with Gasteiger partial charge in [-0.3, -0.25) is 5.43 Å². The molecule has 23 heavy (non-hydrogen) atoms. The van der Waals surface area contributed by atoms with Gasteiger partial charge in [-0.05, 0) is 29.1 Å². The van der Waals surface area contributed by atoms with E-state index >= 15 is 0 Å². The zero-order valence-corrected chi connectivity index (χ0v) is 12.9. The Labute approximate surface area is 137 Å². The molecular formula is C16H15F2N3OS. The zero-order chi connectivity index (χ0) is 16.7. The Morgan fingerprint density at radius 3 is 2.83 bits per heavy atom. The molecule has 7 heteroatoms. The third kappa shape index (κ3) is 4.72. The Morgan fingerprint density at radius 1 is 1.30 bits per heavy atom. The summed E-state index contributed by atoms with van der Waals surface area (Å²) in [7, 11) is 0. The highest BCUT2D eigenvalue weighted by molar-refractivity contribution is 7.80. The molecule has 2 aromatic carbocycles. The largest absolute Gasteiger partial charge is 0.434 e. The Hall–Kier alpha value is -2.54. The second-order valence-corrected chi connectivity index (χ2v) is 4.85. The van der Waals surface area contributed by atoms with E-state index in [4.69, 9.17) is 12.2 Å². The molecule has 0 unspecified atom stereocenters. The van der Waals surface area contributed by atoms with Crippen molar-refractivity contribution < 1.29 is 13.5 Å². The maximum Gasteiger partial charge on any atom is 0.387 e. The van der Waals surface area contributed by atoms with Gasteiger partial charge in [0, 0.05) is 12.1 Å². The number of nitrogens with one attached hydrogen (secondary N) is 2. The molecule has 0 amide bonds. The van der Waals surface area contributed by atoms with Crippen molar-refractivity contribution in [3.63, 3.8) is 0 Å². The fourth-order valence-corrected chi connectivity index (χ4v) is 2.10. The summed E-state index contributed by atoms with van der Waals surface area (Å²) in [6.45, 7) is 1.14. The monoisotopic (exact) mass is 335 g/mol. The topological polar surface area (TPSA) is 45.7 Å². The molecule has 0 aliphatic rings. The predicted molar refractivity (Wildman–Crippen MR) is 92.1 cm³/mol. The molecule has 0 radical (unpaired) electrons. The molecule has 120 valence electrons. The van der Waals surface area contributed by atoms with Gasteiger partial charge in [0.1, 0.15) is 5.75 Å². The average molecular weight is 335 g/mol. The van der Waals surface area contributed by atoms with Crippen molar-refractivity contribution in [2.75, 3.05) is 6.54 Å². The summed E-state index contributed by atoms with van der Waals surface area (Å²) in [4.78, 5) is 0. The Bertz CT molecular complexity index is 734. The molecule has 4 nitrogen and oxygen atoms in total. The van der Waals surface area contributed by atoms with Crippen LogP contribution in [0.1, 0.15) is 5.56 Å². The van der Waals surface area contributed by atoms with Crippen molar-refractivity contribution in [3.05, 3.63) is 54.6 Å². The van der Waals surface area contributed by atoms with Crippen molar-refractivity contribution in [3.8, 4) is 5.75 Å². The van der Waals surface area contributed by atoms with Crippen molar-refractivity contribution in [1.82, 2.24) is 10.7 Å². The third-order valence-corrected chi connectivity index (χ3v) is 3.15. The number of halogens is 2. The van der Waals surface area contributed by atoms with E-state index < -0.39 is 6.61 Å². The molecular weight excluding hydrogens is 320 g/mol. The molecule has 2 rings (SSSR count). The highest BCUT2D eigenvalue weighted by atomic mass is 32.1. The Morgan fingerprint density at radius 2 is 2.09 bits per heavy atom. The maximum atomic E-state index is 12.6. The number of nitrogens with zero attached hydrogens (tertiary/aromatic N) is 1. The number of hydrogen-bond acceptors (Lipinski definition) is 3. The van der Waals surface area contributed by atoms with E-state index in [1.165, 1.54) is 12.3 Å². The third-order valence-electron chi connectivity index (χ3n) is 2.91. The van der Waals surface area contributed by atoms with Gasteiger partial charge in [-0.1, -0.05) is 36.4 Å². The van der Waals surface area contributed by atoms with E-state index in [9.17, 15) is 8.78 Å². The van der Waals surface area contributed by atoms with Gasteiger partial charge in [0.15, 0.2) is 5.11 Å². The highest BCUT2D eigenvalue weighted by Crippen LogP contribution is 2.27. The van der Waals surface area contributed by atoms with Crippen molar-refractivity contribution in [2.24, 2.45) is 5.10 Å². The predicted octanol–water partition coefficient (Wildman–Crippen LogP) is 3.43. The van der Waals surface area contributed by atoms with Crippen LogP contribution in [0.25, 0.3) is 10.8 Å². The number of fused-ring (bicyclic) bond motifs is 1. The Balaban J connectivity index is 2.28. The summed E-state index contributed by atoms with van der Waals surface area (Å²) in [6, 6.07) is 10.6. The lowest BCUT2D eigenvalue weighted by Crippen LogP contribution is -2.31. The summed E-state index contributed by atoms with van der Waals surface area (Å²) in [5.41, 5.74) is 3.06. The van der Waals surface area contributed by atoms with Crippen LogP contribution in [-0.2, 0) is 0 Å². The van der Waals surface area contributed by atoms with Crippen LogP contribution in [-0.4, -0.2) is 24.5 Å². The molecule has 2 aromatic rings. The minimum absolute atomic E-state index is 0.0502. The van der Waals surface area contributed by atoms with Gasteiger partial charge in [0.25, 0.3) is 0 Å². The molecule has 0 spiro atoms. The van der Waals surface area contributed by atoms with Gasteiger partial charge < -0.3 is 10.1 Å². The number of ether oxygens (including phenoxy) is 1. The van der Waals surface area contributed by atoms with Crippen LogP contribution in [0.4, 0.5) is 8.78 Å². The first kappa shape index (κ1) is 16.8. The number of alkyl halides is 2. The number of hydrogen-bond donors (Lipinski definition) is 2. The number of rotatable bonds is 6. The summed E-state index contributed by atoms with van der Waals surface area (Å²) in [6.07, 6.45) is 3.05. The van der Waals surface area contributed by atoms with Crippen LogP contribution >= 0.6 is 12.2 Å². The fraction of sp³-hybridized carbons (Fsp3) is 0.125. The number of hydrazone groups is 1. The van der Waals surface area contributed by atoms with Crippen LogP contribution < -0.4 is 15.5 Å². The molecule has 0 fully saturated rings.